The van der Waals surface area contributed by atoms with Gasteiger partial charge in [-0.05, 0) is 58.4 Å². The molecule has 0 aromatic rings. The van der Waals surface area contributed by atoms with Crippen molar-refractivity contribution in [3.63, 3.8) is 0 Å². The normalized spacial score (nSPS) is 29.2. The molecule has 0 aromatic carbocycles. The van der Waals surface area contributed by atoms with Gasteiger partial charge in [-0.25, -0.2) is 0 Å². The van der Waals surface area contributed by atoms with Crippen molar-refractivity contribution in [2.45, 2.75) is 82.5 Å². The molecule has 2 rings (SSSR count). The van der Waals surface area contributed by atoms with Crippen molar-refractivity contribution in [2.24, 2.45) is 5.92 Å². The van der Waals surface area contributed by atoms with Gasteiger partial charge in [0.1, 0.15) is 0 Å². The maximum atomic E-state index is 6.23. The van der Waals surface area contributed by atoms with Crippen LogP contribution in [0.15, 0.2) is 0 Å². The average Bonchev–Trinajstić information content (AvgIpc) is 2.48. The maximum absolute atomic E-state index is 6.23. The molecule has 118 valence electrons. The fourth-order valence-electron chi connectivity index (χ4n) is 4.10. The first-order chi connectivity index (χ1) is 9.69. The number of hydrogen-bond donors (Lipinski definition) is 1. The monoisotopic (exact) mass is 283 g/mol. The summed E-state index contributed by atoms with van der Waals surface area (Å²) in [5.41, 5.74) is 0.225. The molecule has 20 heavy (non-hydrogen) atoms. The molecule has 0 radical (unpaired) electrons. The van der Waals surface area contributed by atoms with Crippen LogP contribution in [0, 0.1) is 5.92 Å². The zero-order chi connectivity index (χ0) is 14.4. The molecule has 3 heteroatoms. The Kier molecular flexibility index (Phi) is 6.31. The number of ether oxygens (including phenoxy) is 2. The van der Waals surface area contributed by atoms with Crippen molar-refractivity contribution in [1.82, 2.24) is 5.32 Å². The highest BCUT2D eigenvalue weighted by Gasteiger charge is 2.40. The van der Waals surface area contributed by atoms with Crippen molar-refractivity contribution in [3.8, 4) is 0 Å². The van der Waals surface area contributed by atoms with E-state index in [-0.39, 0.29) is 5.60 Å². The molecule has 1 heterocycles. The van der Waals surface area contributed by atoms with E-state index in [1.54, 1.807) is 0 Å². The summed E-state index contributed by atoms with van der Waals surface area (Å²) in [4.78, 5) is 0. The van der Waals surface area contributed by atoms with Crippen LogP contribution in [0.25, 0.3) is 0 Å². The van der Waals surface area contributed by atoms with E-state index >= 15 is 0 Å². The highest BCUT2D eigenvalue weighted by Crippen LogP contribution is 2.42. The second-order valence-corrected chi connectivity index (χ2v) is 6.86. The summed E-state index contributed by atoms with van der Waals surface area (Å²) in [6.45, 7) is 3.13. The second kappa shape index (κ2) is 7.77. The van der Waals surface area contributed by atoms with Gasteiger partial charge in [-0.3, -0.25) is 0 Å². The number of methoxy groups -OCH3 is 1. The van der Waals surface area contributed by atoms with Crippen LogP contribution in [0.5, 0.6) is 0 Å². The minimum Gasteiger partial charge on any atom is -0.382 e. The van der Waals surface area contributed by atoms with E-state index in [9.17, 15) is 0 Å². The molecule has 1 aliphatic carbocycles. The summed E-state index contributed by atoms with van der Waals surface area (Å²) in [5, 5.41) is 3.56. The highest BCUT2D eigenvalue weighted by atomic mass is 16.5. The molecule has 3 atom stereocenters. The van der Waals surface area contributed by atoms with E-state index in [1.165, 1.54) is 51.4 Å². The third-order valence-electron chi connectivity index (χ3n) is 5.52. The molecule has 2 fully saturated rings. The van der Waals surface area contributed by atoms with Crippen LogP contribution in [0.3, 0.4) is 0 Å². The maximum Gasteiger partial charge on any atom is 0.0685 e. The van der Waals surface area contributed by atoms with Crippen LogP contribution in [0.2, 0.25) is 0 Å². The minimum absolute atomic E-state index is 0.225. The number of hydrogen-bond acceptors (Lipinski definition) is 3. The van der Waals surface area contributed by atoms with Crippen molar-refractivity contribution in [3.05, 3.63) is 0 Å². The Bertz CT molecular complexity index is 271. The van der Waals surface area contributed by atoms with Crippen LogP contribution in [0.4, 0.5) is 0 Å². The predicted molar refractivity (Wildman–Crippen MR) is 83.0 cm³/mol. The van der Waals surface area contributed by atoms with Gasteiger partial charge in [0.15, 0.2) is 0 Å². The molecule has 2 aliphatic rings. The molecule has 1 saturated heterocycles. The van der Waals surface area contributed by atoms with Gasteiger partial charge in [0.05, 0.1) is 11.7 Å². The zero-order valence-electron chi connectivity index (χ0n) is 13.6. The fourth-order valence-corrected chi connectivity index (χ4v) is 4.10. The third-order valence-corrected chi connectivity index (χ3v) is 5.52. The Morgan fingerprint density at radius 2 is 2.00 bits per heavy atom. The lowest BCUT2D eigenvalue weighted by atomic mass is 9.73. The molecule has 1 aliphatic heterocycles. The van der Waals surface area contributed by atoms with Crippen molar-refractivity contribution in [1.29, 1.82) is 0 Å². The Morgan fingerprint density at radius 3 is 2.65 bits per heavy atom. The van der Waals surface area contributed by atoms with E-state index in [2.05, 4.69) is 19.3 Å². The molecule has 0 aromatic heterocycles. The van der Waals surface area contributed by atoms with Crippen molar-refractivity contribution in [2.75, 3.05) is 20.8 Å². The summed E-state index contributed by atoms with van der Waals surface area (Å²) in [7, 11) is 3.93. The molecule has 0 bridgehead atoms. The summed E-state index contributed by atoms with van der Waals surface area (Å²) in [6, 6.07) is 0.621. The van der Waals surface area contributed by atoms with Gasteiger partial charge in [0.25, 0.3) is 0 Å². The van der Waals surface area contributed by atoms with E-state index in [0.29, 0.717) is 12.1 Å². The van der Waals surface area contributed by atoms with Crippen LogP contribution in [-0.2, 0) is 9.47 Å². The van der Waals surface area contributed by atoms with Gasteiger partial charge in [-0.1, -0.05) is 19.3 Å². The molecular weight excluding hydrogens is 250 g/mol. The SMILES string of the molecule is CNC(CCC(C)OC)C1CCOC2(CCCCC2)C1. The first kappa shape index (κ1) is 16.3. The first-order valence-electron chi connectivity index (χ1n) is 8.53. The van der Waals surface area contributed by atoms with Gasteiger partial charge < -0.3 is 14.8 Å². The predicted octanol–water partition coefficient (Wildman–Crippen LogP) is 3.52. The largest absolute Gasteiger partial charge is 0.382 e. The Hall–Kier alpha value is -0.120. The lowest BCUT2D eigenvalue weighted by molar-refractivity contribution is -0.122. The van der Waals surface area contributed by atoms with E-state index < -0.39 is 0 Å². The average molecular weight is 283 g/mol. The molecule has 1 saturated carbocycles. The van der Waals surface area contributed by atoms with Gasteiger partial charge >= 0.3 is 0 Å². The zero-order valence-corrected chi connectivity index (χ0v) is 13.6. The van der Waals surface area contributed by atoms with Gasteiger partial charge in [0, 0.05) is 19.8 Å². The van der Waals surface area contributed by atoms with Crippen LogP contribution in [-0.4, -0.2) is 38.5 Å². The fraction of sp³-hybridized carbons (Fsp3) is 1.00. The summed E-state index contributed by atoms with van der Waals surface area (Å²) in [6.07, 6.45) is 11.9. The number of nitrogens with one attached hydrogen (secondary N) is 1. The highest BCUT2D eigenvalue weighted by molar-refractivity contribution is 4.93. The lowest BCUT2D eigenvalue weighted by Crippen LogP contribution is -2.47. The van der Waals surface area contributed by atoms with E-state index in [4.69, 9.17) is 9.47 Å². The van der Waals surface area contributed by atoms with Crippen molar-refractivity contribution < 1.29 is 9.47 Å². The minimum atomic E-state index is 0.225. The number of rotatable bonds is 6. The van der Waals surface area contributed by atoms with Gasteiger partial charge in [0.2, 0.25) is 0 Å². The molecule has 3 unspecified atom stereocenters. The molecule has 1 spiro atoms. The van der Waals surface area contributed by atoms with E-state index in [0.717, 1.165) is 18.9 Å². The molecule has 3 nitrogen and oxygen atoms in total. The molecule has 1 N–H and O–H groups in total. The smallest absolute Gasteiger partial charge is 0.0685 e. The Labute approximate surface area is 124 Å². The summed E-state index contributed by atoms with van der Waals surface area (Å²) in [5.74, 6) is 0.774. The van der Waals surface area contributed by atoms with Crippen molar-refractivity contribution >= 4 is 0 Å². The van der Waals surface area contributed by atoms with Gasteiger partial charge in [-0.15, -0.1) is 0 Å². The summed E-state index contributed by atoms with van der Waals surface area (Å²) >= 11 is 0. The topological polar surface area (TPSA) is 30.5 Å². The Balaban J connectivity index is 1.88. The first-order valence-corrected chi connectivity index (χ1v) is 8.53. The van der Waals surface area contributed by atoms with E-state index in [1.807, 2.05) is 7.11 Å². The molecular formula is C17H33NO2. The second-order valence-electron chi connectivity index (χ2n) is 6.86. The molecule has 0 amide bonds. The quantitative estimate of drug-likeness (QED) is 0.809. The standard InChI is InChI=1S/C17H33NO2/c1-14(19-3)7-8-16(18-2)15-9-12-20-17(13-15)10-5-4-6-11-17/h14-16,18H,4-13H2,1-3H3. The Morgan fingerprint density at radius 1 is 1.25 bits per heavy atom. The lowest BCUT2D eigenvalue weighted by Gasteiger charge is -2.45. The summed E-state index contributed by atoms with van der Waals surface area (Å²) < 4.78 is 11.6. The van der Waals surface area contributed by atoms with Crippen LogP contribution in [0.1, 0.15) is 64.7 Å². The van der Waals surface area contributed by atoms with Crippen LogP contribution < -0.4 is 5.32 Å². The third kappa shape index (κ3) is 4.19. The van der Waals surface area contributed by atoms with Crippen LogP contribution >= 0.6 is 0 Å². The van der Waals surface area contributed by atoms with Gasteiger partial charge in [-0.2, -0.15) is 0 Å².